The molecule has 0 spiro atoms. The van der Waals surface area contributed by atoms with E-state index in [9.17, 15) is 4.79 Å². The summed E-state index contributed by atoms with van der Waals surface area (Å²) >= 11 is 0. The zero-order valence-corrected chi connectivity index (χ0v) is 13.3. The molecule has 0 bridgehead atoms. The highest BCUT2D eigenvalue weighted by molar-refractivity contribution is 14.0. The summed E-state index contributed by atoms with van der Waals surface area (Å²) in [5.74, 6) is 0.494. The Morgan fingerprint density at radius 2 is 2.25 bits per heavy atom. The number of hydrogen-bond acceptors (Lipinski definition) is 5. The summed E-state index contributed by atoms with van der Waals surface area (Å²) in [6.45, 7) is 2.98. The van der Waals surface area contributed by atoms with Gasteiger partial charge in [0.2, 0.25) is 0 Å². The number of nitrogens with zero attached hydrogens (tertiary/aromatic N) is 2. The number of oxazole rings is 1. The lowest BCUT2D eigenvalue weighted by Crippen LogP contribution is -2.42. The quantitative estimate of drug-likeness (QED) is 0.775. The van der Waals surface area contributed by atoms with Gasteiger partial charge in [0.25, 0.3) is 0 Å². The van der Waals surface area contributed by atoms with Crippen LogP contribution in [-0.4, -0.2) is 30.2 Å². The molecule has 7 heteroatoms. The molecule has 1 aliphatic heterocycles. The Hall–Kier alpha value is -1.51. The molecule has 0 unspecified atom stereocenters. The third-order valence-corrected chi connectivity index (χ3v) is 3.10. The van der Waals surface area contributed by atoms with Crippen LogP contribution < -0.4 is 16.4 Å². The smallest absolute Gasteiger partial charge is 0.408 e. The molecule has 2 N–H and O–H groups in total. The lowest BCUT2D eigenvalue weighted by atomic mass is 10.3. The average Bonchev–Trinajstić information content (AvgIpc) is 2.76. The Morgan fingerprint density at radius 1 is 1.40 bits per heavy atom. The van der Waals surface area contributed by atoms with Gasteiger partial charge in [-0.25, -0.2) is 4.79 Å². The predicted molar refractivity (Wildman–Crippen MR) is 88.8 cm³/mol. The normalized spacial score (nSPS) is 14.3. The number of guanidine groups is 1. The van der Waals surface area contributed by atoms with Gasteiger partial charge in [0, 0.05) is 26.2 Å². The van der Waals surface area contributed by atoms with Gasteiger partial charge in [-0.2, -0.15) is 0 Å². The molecular weight excluding hydrogens is 371 g/mol. The number of benzene rings is 1. The molecule has 108 valence electrons. The molecule has 0 fully saturated rings. The molecule has 2 aromatic rings. The number of para-hydroxylation sites is 2. The molecule has 3 rings (SSSR count). The molecule has 1 aromatic carbocycles. The number of halogens is 1. The second-order valence-electron chi connectivity index (χ2n) is 4.42. The Bertz CT molecular complexity index is 662. The van der Waals surface area contributed by atoms with Crippen molar-refractivity contribution in [3.8, 4) is 0 Å². The van der Waals surface area contributed by atoms with Crippen molar-refractivity contribution in [3.63, 3.8) is 0 Å². The van der Waals surface area contributed by atoms with E-state index in [1.165, 1.54) is 0 Å². The molecule has 1 aromatic heterocycles. The molecule has 2 heterocycles. The minimum Gasteiger partial charge on any atom is -0.408 e. The van der Waals surface area contributed by atoms with Gasteiger partial charge >= 0.3 is 5.76 Å². The van der Waals surface area contributed by atoms with Gasteiger partial charge in [-0.1, -0.05) is 12.1 Å². The van der Waals surface area contributed by atoms with Gasteiger partial charge in [0.15, 0.2) is 11.5 Å². The Morgan fingerprint density at radius 3 is 3.05 bits per heavy atom. The van der Waals surface area contributed by atoms with Gasteiger partial charge < -0.3 is 15.1 Å². The summed E-state index contributed by atoms with van der Waals surface area (Å²) in [7, 11) is 0. The van der Waals surface area contributed by atoms with Crippen LogP contribution in [0.25, 0.3) is 11.1 Å². The van der Waals surface area contributed by atoms with E-state index in [4.69, 9.17) is 4.42 Å². The van der Waals surface area contributed by atoms with Crippen molar-refractivity contribution in [2.75, 3.05) is 19.6 Å². The first-order valence-electron chi connectivity index (χ1n) is 6.45. The van der Waals surface area contributed by atoms with E-state index in [2.05, 4.69) is 15.6 Å². The molecule has 6 nitrogen and oxygen atoms in total. The highest BCUT2D eigenvalue weighted by atomic mass is 127. The molecule has 20 heavy (non-hydrogen) atoms. The van der Waals surface area contributed by atoms with Crippen molar-refractivity contribution < 1.29 is 4.42 Å². The van der Waals surface area contributed by atoms with E-state index in [0.717, 1.165) is 31.0 Å². The number of rotatable bonds is 3. The maximum absolute atomic E-state index is 11.7. The summed E-state index contributed by atoms with van der Waals surface area (Å²) in [4.78, 5) is 16.1. The molecule has 0 saturated carbocycles. The largest absolute Gasteiger partial charge is 0.420 e. The number of hydrogen-bond donors (Lipinski definition) is 2. The second kappa shape index (κ2) is 6.78. The fourth-order valence-corrected chi connectivity index (χ4v) is 2.16. The van der Waals surface area contributed by atoms with E-state index < -0.39 is 0 Å². The molecule has 1 aliphatic rings. The fraction of sp³-hybridized carbons (Fsp3) is 0.385. The summed E-state index contributed by atoms with van der Waals surface area (Å²) in [5, 5.41) is 6.37. The molecule has 0 radical (unpaired) electrons. The van der Waals surface area contributed by atoms with E-state index in [0.29, 0.717) is 18.7 Å². The topological polar surface area (TPSA) is 71.6 Å². The first kappa shape index (κ1) is 14.9. The van der Waals surface area contributed by atoms with Gasteiger partial charge in [0.1, 0.15) is 0 Å². The van der Waals surface area contributed by atoms with Crippen LogP contribution in [0.1, 0.15) is 6.42 Å². The van der Waals surface area contributed by atoms with Gasteiger partial charge in [-0.15, -0.1) is 24.0 Å². The molecule has 0 aliphatic carbocycles. The Kier molecular flexibility index (Phi) is 5.05. The van der Waals surface area contributed by atoms with E-state index >= 15 is 0 Å². The van der Waals surface area contributed by atoms with Crippen molar-refractivity contribution in [2.45, 2.75) is 13.0 Å². The summed E-state index contributed by atoms with van der Waals surface area (Å²) in [6, 6.07) is 7.44. The monoisotopic (exact) mass is 388 g/mol. The summed E-state index contributed by atoms with van der Waals surface area (Å²) in [6.07, 6.45) is 1.07. The zero-order valence-electron chi connectivity index (χ0n) is 11.0. The van der Waals surface area contributed by atoms with Crippen molar-refractivity contribution >= 4 is 41.0 Å². The van der Waals surface area contributed by atoms with Gasteiger partial charge in [-0.3, -0.25) is 9.56 Å². The fourth-order valence-electron chi connectivity index (χ4n) is 2.16. The highest BCUT2D eigenvalue weighted by Crippen LogP contribution is 2.10. The average molecular weight is 388 g/mol. The van der Waals surface area contributed by atoms with Crippen LogP contribution in [0, 0.1) is 0 Å². The van der Waals surface area contributed by atoms with Crippen LogP contribution in [0.5, 0.6) is 0 Å². The highest BCUT2D eigenvalue weighted by Gasteiger charge is 2.08. The van der Waals surface area contributed by atoms with Crippen LogP contribution in [0.15, 0.2) is 38.5 Å². The Labute approximate surface area is 133 Å². The summed E-state index contributed by atoms with van der Waals surface area (Å²) in [5.41, 5.74) is 1.45. The predicted octanol–water partition coefficient (Wildman–Crippen LogP) is 1.15. The number of aliphatic imine (C=N–C) groups is 1. The van der Waals surface area contributed by atoms with Crippen LogP contribution in [0.2, 0.25) is 0 Å². The number of nitrogens with one attached hydrogen (secondary N) is 2. The molecule has 0 atom stereocenters. The van der Waals surface area contributed by atoms with Crippen LogP contribution in [0.4, 0.5) is 0 Å². The first-order valence-corrected chi connectivity index (χ1v) is 6.45. The van der Waals surface area contributed by atoms with Gasteiger partial charge in [-0.05, 0) is 18.6 Å². The number of aromatic nitrogens is 1. The van der Waals surface area contributed by atoms with Crippen molar-refractivity contribution in [1.29, 1.82) is 0 Å². The third-order valence-electron chi connectivity index (χ3n) is 3.10. The third kappa shape index (κ3) is 3.14. The minimum atomic E-state index is -0.318. The van der Waals surface area contributed by atoms with Crippen molar-refractivity contribution in [3.05, 3.63) is 34.8 Å². The first-order chi connectivity index (χ1) is 9.34. The standard InChI is InChI=1S/C13H16N4O2.HI/c18-13-17(10-4-1-2-5-11(10)19-13)9-8-16-12-14-6-3-7-15-12;/h1-2,4-5H,3,6-9H2,(H2,14,15,16);1H. The SMILES string of the molecule is I.O=c1oc2ccccc2n1CCNC1=NCCCN1. The lowest BCUT2D eigenvalue weighted by molar-refractivity contribution is 0.502. The molecular formula is C13H17IN4O2. The van der Waals surface area contributed by atoms with Crippen LogP contribution in [0.3, 0.4) is 0 Å². The maximum Gasteiger partial charge on any atom is 0.420 e. The van der Waals surface area contributed by atoms with Crippen LogP contribution in [-0.2, 0) is 6.54 Å². The molecule has 0 amide bonds. The van der Waals surface area contributed by atoms with Crippen LogP contribution >= 0.6 is 24.0 Å². The maximum atomic E-state index is 11.7. The molecule has 0 saturated heterocycles. The van der Waals surface area contributed by atoms with Crippen molar-refractivity contribution in [1.82, 2.24) is 15.2 Å². The minimum absolute atomic E-state index is 0. The zero-order chi connectivity index (χ0) is 13.1. The summed E-state index contributed by atoms with van der Waals surface area (Å²) < 4.78 is 6.81. The van der Waals surface area contributed by atoms with E-state index in [-0.39, 0.29) is 29.7 Å². The number of fused-ring (bicyclic) bond motifs is 1. The van der Waals surface area contributed by atoms with E-state index in [1.54, 1.807) is 10.6 Å². The van der Waals surface area contributed by atoms with Gasteiger partial charge in [0.05, 0.1) is 5.52 Å². The Balaban J connectivity index is 0.00000147. The van der Waals surface area contributed by atoms with E-state index in [1.807, 2.05) is 18.2 Å². The van der Waals surface area contributed by atoms with Crippen molar-refractivity contribution in [2.24, 2.45) is 4.99 Å². The second-order valence-corrected chi connectivity index (χ2v) is 4.42. The lowest BCUT2D eigenvalue weighted by Gasteiger charge is -2.15.